The van der Waals surface area contributed by atoms with Crippen molar-refractivity contribution in [2.24, 2.45) is 11.8 Å². The van der Waals surface area contributed by atoms with E-state index in [2.05, 4.69) is 12.0 Å². The zero-order valence-electron chi connectivity index (χ0n) is 20.0. The first-order valence-corrected chi connectivity index (χ1v) is 11.5. The van der Waals surface area contributed by atoms with Crippen molar-refractivity contribution in [3.05, 3.63) is 42.1 Å². The fourth-order valence-corrected chi connectivity index (χ4v) is 4.35. The molecule has 0 radical (unpaired) electrons. The second-order valence-corrected chi connectivity index (χ2v) is 8.84. The monoisotopic (exact) mass is 455 g/mol. The molecule has 1 saturated carbocycles. The van der Waals surface area contributed by atoms with Gasteiger partial charge in [-0.3, -0.25) is 14.5 Å². The number of amides is 1. The zero-order valence-corrected chi connectivity index (χ0v) is 20.0. The van der Waals surface area contributed by atoms with E-state index in [0.29, 0.717) is 18.8 Å². The topological polar surface area (TPSA) is 90.7 Å². The number of ether oxygens (including phenoxy) is 2. The van der Waals surface area contributed by atoms with Crippen LogP contribution < -0.4 is 4.90 Å². The number of para-hydroxylation sites is 1. The maximum atomic E-state index is 13.9. The van der Waals surface area contributed by atoms with Crippen molar-refractivity contribution in [3.63, 3.8) is 0 Å². The largest absolute Gasteiger partial charge is 0.462 e. The summed E-state index contributed by atoms with van der Waals surface area (Å²) in [6.07, 6.45) is 3.20. The number of hydrogen-bond acceptors (Lipinski definition) is 6. The van der Waals surface area contributed by atoms with Gasteiger partial charge in [0.1, 0.15) is 11.7 Å². The molecular weight excluding hydrogens is 422 g/mol. The molecule has 8 heteroatoms. The van der Waals surface area contributed by atoms with Crippen LogP contribution in [0.2, 0.25) is 0 Å². The molecule has 1 amide bonds. The van der Waals surface area contributed by atoms with Crippen LogP contribution in [0.15, 0.2) is 36.5 Å². The lowest BCUT2D eigenvalue weighted by atomic mass is 9.79. The minimum absolute atomic E-state index is 0.202. The molecule has 1 heterocycles. The third-order valence-electron chi connectivity index (χ3n) is 5.88. The van der Waals surface area contributed by atoms with Crippen LogP contribution in [0.4, 0.5) is 5.82 Å². The van der Waals surface area contributed by atoms with Gasteiger partial charge in [0.25, 0.3) is 0 Å². The van der Waals surface area contributed by atoms with Gasteiger partial charge in [-0.1, -0.05) is 25.1 Å². The number of hydrogen-bond donors (Lipinski definition) is 0. The predicted octanol–water partition coefficient (Wildman–Crippen LogP) is 4.16. The minimum atomic E-state index is -0.540. The van der Waals surface area contributed by atoms with E-state index in [1.54, 1.807) is 22.7 Å². The number of anilines is 1. The number of aromatic nitrogens is 2. The summed E-state index contributed by atoms with van der Waals surface area (Å²) in [5.41, 5.74) is 0.978. The maximum Gasteiger partial charge on any atom is 0.343 e. The summed E-state index contributed by atoms with van der Waals surface area (Å²) in [4.78, 5) is 39.9. The predicted molar refractivity (Wildman–Crippen MR) is 124 cm³/mol. The van der Waals surface area contributed by atoms with Gasteiger partial charge in [0.2, 0.25) is 5.91 Å². The molecule has 0 aliphatic heterocycles. The molecule has 1 aromatic heterocycles. The van der Waals surface area contributed by atoms with E-state index in [0.717, 1.165) is 12.1 Å². The Labute approximate surface area is 194 Å². The summed E-state index contributed by atoms with van der Waals surface area (Å²) in [6, 6.07) is 9.10. The fraction of sp³-hybridized carbons (Fsp3) is 0.520. The summed E-state index contributed by atoms with van der Waals surface area (Å²) in [5, 5.41) is 4.64. The second-order valence-electron chi connectivity index (χ2n) is 8.84. The molecule has 33 heavy (non-hydrogen) atoms. The lowest BCUT2D eigenvalue weighted by molar-refractivity contribution is -0.154. The van der Waals surface area contributed by atoms with Crippen LogP contribution in [-0.2, 0) is 19.1 Å². The highest BCUT2D eigenvalue weighted by Gasteiger charge is 2.41. The van der Waals surface area contributed by atoms with Crippen molar-refractivity contribution < 1.29 is 23.9 Å². The van der Waals surface area contributed by atoms with Crippen LogP contribution in [0, 0.1) is 11.8 Å². The summed E-state index contributed by atoms with van der Waals surface area (Å²) in [5.74, 6) is -1.03. The minimum Gasteiger partial charge on any atom is -0.462 e. The Kier molecular flexibility index (Phi) is 7.89. The summed E-state index contributed by atoms with van der Waals surface area (Å²) in [6.45, 7) is 9.15. The molecule has 0 N–H and O–H groups in total. The number of esters is 2. The van der Waals surface area contributed by atoms with Gasteiger partial charge < -0.3 is 9.47 Å². The Bertz CT molecular complexity index is 985. The first kappa shape index (κ1) is 24.5. The molecule has 0 saturated heterocycles. The molecule has 8 nitrogen and oxygen atoms in total. The smallest absolute Gasteiger partial charge is 0.343 e. The molecule has 1 fully saturated rings. The van der Waals surface area contributed by atoms with Gasteiger partial charge >= 0.3 is 11.9 Å². The van der Waals surface area contributed by atoms with Crippen LogP contribution in [0.1, 0.15) is 64.2 Å². The van der Waals surface area contributed by atoms with Gasteiger partial charge in [0, 0.05) is 19.2 Å². The highest BCUT2D eigenvalue weighted by molar-refractivity contribution is 6.02. The quantitative estimate of drug-likeness (QED) is 0.583. The Morgan fingerprint density at radius 3 is 2.48 bits per heavy atom. The lowest BCUT2D eigenvalue weighted by Gasteiger charge is -2.37. The van der Waals surface area contributed by atoms with E-state index >= 15 is 0 Å². The number of rotatable bonds is 7. The number of carbonyl (C=O) groups is 3. The number of benzene rings is 1. The van der Waals surface area contributed by atoms with Gasteiger partial charge in [-0.15, -0.1) is 5.10 Å². The van der Waals surface area contributed by atoms with Gasteiger partial charge in [-0.25, -0.2) is 9.48 Å². The molecule has 1 aromatic carbocycles. The SMILES string of the molecule is CCOC(=O)c1cn(-c2ccccc2)nc1N(C(=O)[C@H]1CC[C@H](C)C[C@H]1OC(C)=O)C(C)C. The maximum absolute atomic E-state index is 13.9. The summed E-state index contributed by atoms with van der Waals surface area (Å²) in [7, 11) is 0. The standard InChI is InChI=1S/C25H33N3O5/c1-6-32-25(31)21-15-27(19-10-8-7-9-11-19)26-23(21)28(16(2)3)24(30)20-13-12-17(4)14-22(20)33-18(5)29/h7-11,15-17,20,22H,6,12-14H2,1-5H3/t17-,20-,22+/m0/s1. The second kappa shape index (κ2) is 10.6. The van der Waals surface area contributed by atoms with Gasteiger partial charge in [0.15, 0.2) is 5.82 Å². The summed E-state index contributed by atoms with van der Waals surface area (Å²) >= 11 is 0. The van der Waals surface area contributed by atoms with Crippen molar-refractivity contribution in [2.75, 3.05) is 11.5 Å². The number of nitrogens with zero attached hydrogens (tertiary/aromatic N) is 3. The average Bonchev–Trinajstić information content (AvgIpc) is 3.19. The Morgan fingerprint density at radius 1 is 1.18 bits per heavy atom. The van der Waals surface area contributed by atoms with Gasteiger partial charge in [-0.05, 0) is 58.1 Å². The van der Waals surface area contributed by atoms with Crippen molar-refractivity contribution in [2.45, 2.75) is 66.0 Å². The Morgan fingerprint density at radius 2 is 1.88 bits per heavy atom. The third kappa shape index (κ3) is 5.61. The fourth-order valence-electron chi connectivity index (χ4n) is 4.35. The molecule has 1 aliphatic rings. The zero-order chi connectivity index (χ0) is 24.1. The van der Waals surface area contributed by atoms with Crippen molar-refractivity contribution >= 4 is 23.7 Å². The van der Waals surface area contributed by atoms with E-state index in [-0.39, 0.29) is 29.9 Å². The molecule has 3 atom stereocenters. The van der Waals surface area contributed by atoms with E-state index in [1.165, 1.54) is 6.92 Å². The van der Waals surface area contributed by atoms with Crippen molar-refractivity contribution in [1.29, 1.82) is 0 Å². The van der Waals surface area contributed by atoms with Crippen molar-refractivity contribution in [3.8, 4) is 5.69 Å². The van der Waals surface area contributed by atoms with Crippen LogP contribution >= 0.6 is 0 Å². The Balaban J connectivity index is 2.04. The van der Waals surface area contributed by atoms with Crippen LogP contribution in [0.3, 0.4) is 0 Å². The van der Waals surface area contributed by atoms with E-state index < -0.39 is 24.0 Å². The molecule has 3 rings (SSSR count). The van der Waals surface area contributed by atoms with Gasteiger partial charge in [-0.2, -0.15) is 0 Å². The molecule has 178 valence electrons. The third-order valence-corrected chi connectivity index (χ3v) is 5.88. The highest BCUT2D eigenvalue weighted by Crippen LogP contribution is 2.35. The molecule has 0 unspecified atom stereocenters. The molecule has 0 spiro atoms. The van der Waals surface area contributed by atoms with E-state index in [1.807, 2.05) is 44.2 Å². The molecular formula is C25H33N3O5. The van der Waals surface area contributed by atoms with E-state index in [9.17, 15) is 14.4 Å². The molecule has 2 aromatic rings. The van der Waals surface area contributed by atoms with Crippen LogP contribution in [-0.4, -0.2) is 46.4 Å². The average molecular weight is 456 g/mol. The van der Waals surface area contributed by atoms with Crippen LogP contribution in [0.25, 0.3) is 5.69 Å². The number of carbonyl (C=O) groups excluding carboxylic acids is 3. The highest BCUT2D eigenvalue weighted by atomic mass is 16.5. The Hall–Kier alpha value is -3.16. The lowest BCUT2D eigenvalue weighted by Crippen LogP contribution is -2.48. The first-order valence-electron chi connectivity index (χ1n) is 11.5. The van der Waals surface area contributed by atoms with Crippen LogP contribution in [0.5, 0.6) is 0 Å². The molecule has 1 aliphatic carbocycles. The van der Waals surface area contributed by atoms with Gasteiger partial charge in [0.05, 0.1) is 18.2 Å². The first-order chi connectivity index (χ1) is 15.7. The normalized spacial score (nSPS) is 20.4. The van der Waals surface area contributed by atoms with Crippen molar-refractivity contribution in [1.82, 2.24) is 9.78 Å². The summed E-state index contributed by atoms with van der Waals surface area (Å²) < 4.78 is 12.4. The molecule has 0 bridgehead atoms. The van der Waals surface area contributed by atoms with E-state index in [4.69, 9.17) is 9.47 Å².